The van der Waals surface area contributed by atoms with E-state index in [0.29, 0.717) is 17.4 Å². The van der Waals surface area contributed by atoms with E-state index >= 15 is 0 Å². The molecule has 2 rings (SSSR count). The minimum Gasteiger partial charge on any atom is -0.434 e. The maximum absolute atomic E-state index is 12.5. The highest BCUT2D eigenvalue weighted by Crippen LogP contribution is 2.22. The van der Waals surface area contributed by atoms with Gasteiger partial charge in [0.15, 0.2) is 5.96 Å². The van der Waals surface area contributed by atoms with Crippen LogP contribution in [-0.2, 0) is 6.54 Å². The van der Waals surface area contributed by atoms with Crippen molar-refractivity contribution in [2.24, 2.45) is 4.99 Å². The molecule has 4 nitrogen and oxygen atoms in total. The maximum atomic E-state index is 12.5. The zero-order valence-electron chi connectivity index (χ0n) is 13.9. The fraction of sp³-hybridized carbons (Fsp3) is 0.562. The third kappa shape index (κ3) is 6.27. The normalized spacial score (nSPS) is 18.3. The summed E-state index contributed by atoms with van der Waals surface area (Å²) < 4.78 is 29.5. The Morgan fingerprint density at radius 3 is 2.88 bits per heavy atom. The maximum Gasteiger partial charge on any atom is 0.387 e. The van der Waals surface area contributed by atoms with Crippen LogP contribution in [0.4, 0.5) is 8.78 Å². The number of hydrogen-bond donors (Lipinski definition) is 1. The van der Waals surface area contributed by atoms with Crippen LogP contribution in [0.1, 0.15) is 18.9 Å². The Balaban J connectivity index is 0.00000288. The summed E-state index contributed by atoms with van der Waals surface area (Å²) in [5, 5.41) is 3.86. The molecule has 1 saturated heterocycles. The lowest BCUT2D eigenvalue weighted by molar-refractivity contribution is -0.0504. The van der Waals surface area contributed by atoms with Crippen molar-refractivity contribution < 1.29 is 13.5 Å². The minimum atomic E-state index is -2.82. The zero-order valence-corrected chi connectivity index (χ0v) is 17.0. The summed E-state index contributed by atoms with van der Waals surface area (Å²) in [6.45, 7) is 1.66. The minimum absolute atomic E-state index is 0. The van der Waals surface area contributed by atoms with Gasteiger partial charge in [0.1, 0.15) is 5.75 Å². The highest BCUT2D eigenvalue weighted by atomic mass is 127. The Hall–Kier alpha value is -0.770. The van der Waals surface area contributed by atoms with Crippen LogP contribution in [0.3, 0.4) is 0 Å². The summed E-state index contributed by atoms with van der Waals surface area (Å²) >= 11 is 1.99. The number of rotatable bonds is 5. The summed E-state index contributed by atoms with van der Waals surface area (Å²) in [6, 6.07) is 6.82. The second-order valence-corrected chi connectivity index (χ2v) is 6.64. The van der Waals surface area contributed by atoms with E-state index in [9.17, 15) is 8.78 Å². The van der Waals surface area contributed by atoms with Crippen molar-refractivity contribution in [1.29, 1.82) is 0 Å². The van der Waals surface area contributed by atoms with Gasteiger partial charge in [-0.15, -0.1) is 24.0 Å². The summed E-state index contributed by atoms with van der Waals surface area (Å²) in [6.07, 6.45) is 1.13. The molecule has 0 spiro atoms. The first-order chi connectivity index (χ1) is 11.1. The first kappa shape index (κ1) is 21.3. The highest BCUT2D eigenvalue weighted by molar-refractivity contribution is 14.0. The van der Waals surface area contributed by atoms with E-state index in [1.807, 2.05) is 17.8 Å². The van der Waals surface area contributed by atoms with E-state index < -0.39 is 6.61 Å². The topological polar surface area (TPSA) is 36.9 Å². The van der Waals surface area contributed by atoms with Gasteiger partial charge in [0.2, 0.25) is 0 Å². The average molecular weight is 471 g/mol. The Morgan fingerprint density at radius 1 is 1.46 bits per heavy atom. The van der Waals surface area contributed by atoms with Crippen LogP contribution in [0.5, 0.6) is 5.75 Å². The van der Waals surface area contributed by atoms with Crippen molar-refractivity contribution in [2.75, 3.05) is 25.9 Å². The number of alkyl halides is 2. The van der Waals surface area contributed by atoms with Gasteiger partial charge < -0.3 is 15.0 Å². The number of benzene rings is 1. The Kier molecular flexibility index (Phi) is 9.72. The highest BCUT2D eigenvalue weighted by Gasteiger charge is 2.21. The zero-order chi connectivity index (χ0) is 16.7. The molecule has 0 amide bonds. The van der Waals surface area contributed by atoms with Gasteiger partial charge in [-0.2, -0.15) is 20.5 Å². The van der Waals surface area contributed by atoms with Gasteiger partial charge in [-0.3, -0.25) is 4.99 Å². The Labute approximate surface area is 163 Å². The predicted molar refractivity (Wildman–Crippen MR) is 107 cm³/mol. The quantitative estimate of drug-likeness (QED) is 0.403. The van der Waals surface area contributed by atoms with Gasteiger partial charge in [0, 0.05) is 43.2 Å². The van der Waals surface area contributed by atoms with Gasteiger partial charge in [-0.1, -0.05) is 25.1 Å². The summed E-state index contributed by atoms with van der Waals surface area (Å²) in [4.78, 5) is 6.54. The van der Waals surface area contributed by atoms with Crippen molar-refractivity contribution in [3.8, 4) is 5.75 Å². The number of hydrogen-bond acceptors (Lipinski definition) is 3. The number of nitrogens with one attached hydrogen (secondary N) is 1. The van der Waals surface area contributed by atoms with Gasteiger partial charge in [-0.25, -0.2) is 0 Å². The number of halogens is 3. The monoisotopic (exact) mass is 471 g/mol. The number of para-hydroxylation sites is 1. The van der Waals surface area contributed by atoms with E-state index in [-0.39, 0.29) is 29.7 Å². The van der Waals surface area contributed by atoms with Crippen molar-refractivity contribution in [3.05, 3.63) is 29.8 Å². The molecule has 136 valence electrons. The fourth-order valence-electron chi connectivity index (χ4n) is 2.53. The van der Waals surface area contributed by atoms with Gasteiger partial charge in [0.05, 0.1) is 0 Å². The lowest BCUT2D eigenvalue weighted by Crippen LogP contribution is -2.47. The standard InChI is InChI=1S/C16H23F2N3OS.HI/c1-3-13-11-21(8-9-23-13)16(19-2)20-10-12-6-4-5-7-14(12)22-15(17)18;/h4-7,13,15H,3,8-11H2,1-2H3,(H,19,20);1H. The molecule has 0 aliphatic carbocycles. The smallest absolute Gasteiger partial charge is 0.387 e. The molecular formula is C16H24F2IN3OS. The molecule has 8 heteroatoms. The molecule has 1 aromatic rings. The molecular weight excluding hydrogens is 447 g/mol. The van der Waals surface area contributed by atoms with Crippen LogP contribution < -0.4 is 10.1 Å². The molecule has 1 unspecified atom stereocenters. The number of nitrogens with zero attached hydrogens (tertiary/aromatic N) is 2. The fourth-order valence-corrected chi connectivity index (χ4v) is 3.71. The Morgan fingerprint density at radius 2 is 2.21 bits per heavy atom. The molecule has 0 saturated carbocycles. The molecule has 1 aliphatic rings. The van der Waals surface area contributed by atoms with E-state index in [2.05, 4.69) is 26.9 Å². The van der Waals surface area contributed by atoms with Crippen LogP contribution in [0, 0.1) is 0 Å². The lowest BCUT2D eigenvalue weighted by atomic mass is 10.2. The molecule has 0 bridgehead atoms. The second kappa shape index (κ2) is 11.0. The van der Waals surface area contributed by atoms with Crippen molar-refractivity contribution >= 4 is 41.7 Å². The van der Waals surface area contributed by atoms with E-state index in [0.717, 1.165) is 31.2 Å². The number of ether oxygens (including phenoxy) is 1. The van der Waals surface area contributed by atoms with Gasteiger partial charge in [-0.05, 0) is 12.5 Å². The average Bonchev–Trinajstić information content (AvgIpc) is 2.56. The van der Waals surface area contributed by atoms with Gasteiger partial charge in [0.25, 0.3) is 0 Å². The van der Waals surface area contributed by atoms with E-state index in [4.69, 9.17) is 0 Å². The third-order valence-electron chi connectivity index (χ3n) is 3.73. The number of aliphatic imine (C=N–C) groups is 1. The summed E-state index contributed by atoms with van der Waals surface area (Å²) in [5.41, 5.74) is 0.687. The molecule has 0 aromatic heterocycles. The van der Waals surface area contributed by atoms with Crippen molar-refractivity contribution in [1.82, 2.24) is 10.2 Å². The number of guanidine groups is 1. The van der Waals surface area contributed by atoms with Crippen molar-refractivity contribution in [3.63, 3.8) is 0 Å². The van der Waals surface area contributed by atoms with Crippen LogP contribution in [-0.4, -0.2) is 48.6 Å². The van der Waals surface area contributed by atoms with Crippen LogP contribution in [0.15, 0.2) is 29.3 Å². The van der Waals surface area contributed by atoms with Crippen LogP contribution in [0.25, 0.3) is 0 Å². The van der Waals surface area contributed by atoms with E-state index in [1.54, 1.807) is 25.2 Å². The second-order valence-electron chi connectivity index (χ2n) is 5.23. The molecule has 1 heterocycles. The summed E-state index contributed by atoms with van der Waals surface area (Å²) in [7, 11) is 1.74. The molecule has 24 heavy (non-hydrogen) atoms. The van der Waals surface area contributed by atoms with Crippen molar-refractivity contribution in [2.45, 2.75) is 31.8 Å². The molecule has 1 atom stereocenters. The molecule has 1 N–H and O–H groups in total. The number of thioether (sulfide) groups is 1. The Bertz CT molecular complexity index is 534. The molecule has 1 aliphatic heterocycles. The molecule has 1 aromatic carbocycles. The van der Waals surface area contributed by atoms with E-state index in [1.165, 1.54) is 0 Å². The molecule has 1 fully saturated rings. The van der Waals surface area contributed by atoms with Crippen LogP contribution >= 0.6 is 35.7 Å². The first-order valence-electron chi connectivity index (χ1n) is 7.74. The third-order valence-corrected chi connectivity index (χ3v) is 5.10. The predicted octanol–water partition coefficient (Wildman–Crippen LogP) is 3.81. The lowest BCUT2D eigenvalue weighted by Gasteiger charge is -2.34. The van der Waals surface area contributed by atoms with Gasteiger partial charge >= 0.3 is 6.61 Å². The van der Waals surface area contributed by atoms with Crippen LogP contribution in [0.2, 0.25) is 0 Å². The largest absolute Gasteiger partial charge is 0.434 e. The summed E-state index contributed by atoms with van der Waals surface area (Å²) in [5.74, 6) is 2.08. The SMILES string of the molecule is CCC1CN(C(=NC)NCc2ccccc2OC(F)F)CCS1.I. The first-order valence-corrected chi connectivity index (χ1v) is 8.78. The molecule has 0 radical (unpaired) electrons.